The van der Waals surface area contributed by atoms with Gasteiger partial charge >= 0.3 is 5.97 Å². The van der Waals surface area contributed by atoms with Gasteiger partial charge < -0.3 is 5.11 Å². The fraction of sp³-hybridized carbons (Fsp3) is 0.450. The largest absolute Gasteiger partial charge is 0.481 e. The number of thiazole rings is 1. The van der Waals surface area contributed by atoms with Crippen molar-refractivity contribution in [2.75, 3.05) is 11.9 Å². The Bertz CT molecular complexity index is 817. The predicted molar refractivity (Wildman–Crippen MR) is 108 cm³/mol. The fourth-order valence-electron chi connectivity index (χ4n) is 3.71. The Hall–Kier alpha value is -1.92. The molecule has 0 bridgehead atoms. The normalized spacial score (nSPS) is 15.6. The first-order valence-corrected chi connectivity index (χ1v) is 10.4. The minimum Gasteiger partial charge on any atom is -0.481 e. The minimum absolute atomic E-state index is 0.136. The van der Waals surface area contributed by atoms with Crippen LogP contribution in [0.5, 0.6) is 0 Å². The SMILES string of the molecule is CN(C(=O)C(CC(=O)O)CC1CCCC1)c1nc(-c2ccccc2Cl)cs1. The number of aliphatic carboxylic acids is 1. The van der Waals surface area contributed by atoms with Crippen molar-refractivity contribution in [2.24, 2.45) is 11.8 Å². The zero-order chi connectivity index (χ0) is 19.4. The number of rotatable bonds is 7. The Labute approximate surface area is 168 Å². The van der Waals surface area contributed by atoms with Crippen LogP contribution in [-0.4, -0.2) is 29.0 Å². The van der Waals surface area contributed by atoms with E-state index < -0.39 is 11.9 Å². The lowest BCUT2D eigenvalue weighted by atomic mass is 9.90. The molecule has 0 aliphatic heterocycles. The zero-order valence-corrected chi connectivity index (χ0v) is 16.8. The lowest BCUT2D eigenvalue weighted by Crippen LogP contribution is -2.35. The van der Waals surface area contributed by atoms with Crippen LogP contribution in [-0.2, 0) is 9.59 Å². The number of hydrogen-bond donors (Lipinski definition) is 1. The predicted octanol–water partition coefficient (Wildman–Crippen LogP) is 5.10. The lowest BCUT2D eigenvalue weighted by molar-refractivity contribution is -0.140. The molecule has 1 aliphatic carbocycles. The first-order chi connectivity index (χ1) is 13.0. The second-order valence-corrected chi connectivity index (χ2v) is 8.32. The highest BCUT2D eigenvalue weighted by molar-refractivity contribution is 7.14. The van der Waals surface area contributed by atoms with Gasteiger partial charge in [0.15, 0.2) is 5.13 Å². The molecule has 144 valence electrons. The van der Waals surface area contributed by atoms with Crippen LogP contribution in [0.3, 0.4) is 0 Å². The van der Waals surface area contributed by atoms with E-state index >= 15 is 0 Å². The lowest BCUT2D eigenvalue weighted by Gasteiger charge is -2.23. The van der Waals surface area contributed by atoms with Crippen molar-refractivity contribution >= 4 is 39.9 Å². The van der Waals surface area contributed by atoms with Crippen molar-refractivity contribution in [3.05, 3.63) is 34.7 Å². The van der Waals surface area contributed by atoms with E-state index in [1.807, 2.05) is 23.6 Å². The molecule has 1 amide bonds. The van der Waals surface area contributed by atoms with Crippen LogP contribution < -0.4 is 4.90 Å². The fourth-order valence-corrected chi connectivity index (χ4v) is 4.74. The molecule has 1 N–H and O–H groups in total. The van der Waals surface area contributed by atoms with Gasteiger partial charge in [0.25, 0.3) is 0 Å². The third-order valence-corrected chi connectivity index (χ3v) is 6.37. The van der Waals surface area contributed by atoms with Crippen molar-refractivity contribution in [2.45, 2.75) is 38.5 Å². The summed E-state index contributed by atoms with van der Waals surface area (Å²) in [7, 11) is 1.67. The molecule has 1 heterocycles. The number of carboxylic acid groups (broad SMARTS) is 1. The Morgan fingerprint density at radius 1 is 1.33 bits per heavy atom. The molecular formula is C20H23ClN2O3S. The number of benzene rings is 1. The number of carbonyl (C=O) groups is 2. The summed E-state index contributed by atoms with van der Waals surface area (Å²) in [5, 5.41) is 12.3. The van der Waals surface area contributed by atoms with E-state index in [0.29, 0.717) is 28.2 Å². The maximum absolute atomic E-state index is 13.0. The van der Waals surface area contributed by atoms with Crippen LogP contribution in [0.4, 0.5) is 5.13 Å². The van der Waals surface area contributed by atoms with Gasteiger partial charge in [-0.25, -0.2) is 4.98 Å². The molecule has 1 unspecified atom stereocenters. The van der Waals surface area contributed by atoms with E-state index in [9.17, 15) is 14.7 Å². The standard InChI is InChI=1S/C20H23ClN2O3S/c1-23(19(26)14(11-18(24)25)10-13-6-2-3-7-13)20-22-17(12-27-20)15-8-4-5-9-16(15)21/h4-5,8-9,12-14H,2-3,6-7,10-11H2,1H3,(H,24,25). The quantitative estimate of drug-likeness (QED) is 0.694. The Morgan fingerprint density at radius 2 is 2.04 bits per heavy atom. The number of anilines is 1. The van der Waals surface area contributed by atoms with Gasteiger partial charge in [-0.05, 0) is 18.4 Å². The first-order valence-electron chi connectivity index (χ1n) is 9.15. The highest BCUT2D eigenvalue weighted by Crippen LogP contribution is 2.34. The average Bonchev–Trinajstić information content (AvgIpc) is 3.32. The number of halogens is 1. The summed E-state index contributed by atoms with van der Waals surface area (Å²) in [5.74, 6) is -1.18. The molecular weight excluding hydrogens is 384 g/mol. The van der Waals surface area contributed by atoms with Gasteiger partial charge in [-0.3, -0.25) is 14.5 Å². The number of aromatic nitrogens is 1. The molecule has 27 heavy (non-hydrogen) atoms. The topological polar surface area (TPSA) is 70.5 Å². The summed E-state index contributed by atoms with van der Waals surface area (Å²) >= 11 is 7.59. The zero-order valence-electron chi connectivity index (χ0n) is 15.2. The van der Waals surface area contributed by atoms with Gasteiger partial charge in [0.1, 0.15) is 0 Å². The maximum atomic E-state index is 13.0. The summed E-state index contributed by atoms with van der Waals surface area (Å²) in [6, 6.07) is 7.43. The van der Waals surface area contributed by atoms with Crippen molar-refractivity contribution in [1.29, 1.82) is 0 Å². The minimum atomic E-state index is -0.935. The van der Waals surface area contributed by atoms with E-state index in [2.05, 4.69) is 4.98 Å². The van der Waals surface area contributed by atoms with Crippen LogP contribution in [0.15, 0.2) is 29.6 Å². The van der Waals surface area contributed by atoms with Gasteiger partial charge in [0.05, 0.1) is 12.1 Å². The summed E-state index contributed by atoms with van der Waals surface area (Å²) < 4.78 is 0. The summed E-state index contributed by atoms with van der Waals surface area (Å²) in [4.78, 5) is 30.3. The van der Waals surface area contributed by atoms with Crippen LogP contribution in [0, 0.1) is 11.8 Å². The van der Waals surface area contributed by atoms with E-state index in [0.717, 1.165) is 18.4 Å². The molecule has 5 nitrogen and oxygen atoms in total. The molecule has 1 aromatic carbocycles. The highest BCUT2D eigenvalue weighted by Gasteiger charge is 2.30. The molecule has 1 saturated carbocycles. The highest BCUT2D eigenvalue weighted by atomic mass is 35.5. The molecule has 1 atom stereocenters. The molecule has 0 radical (unpaired) electrons. The van der Waals surface area contributed by atoms with Gasteiger partial charge in [-0.1, -0.05) is 55.5 Å². The number of nitrogens with zero attached hydrogens (tertiary/aromatic N) is 2. The van der Waals surface area contributed by atoms with Crippen LogP contribution in [0.25, 0.3) is 11.3 Å². The number of hydrogen-bond acceptors (Lipinski definition) is 4. The van der Waals surface area contributed by atoms with Gasteiger partial charge in [0, 0.05) is 28.9 Å². The van der Waals surface area contributed by atoms with E-state index in [-0.39, 0.29) is 12.3 Å². The molecule has 1 aliphatic rings. The van der Waals surface area contributed by atoms with Crippen molar-refractivity contribution < 1.29 is 14.7 Å². The Balaban J connectivity index is 1.76. The number of carboxylic acids is 1. The van der Waals surface area contributed by atoms with Gasteiger partial charge in [0.2, 0.25) is 5.91 Å². The summed E-state index contributed by atoms with van der Waals surface area (Å²) in [5.41, 5.74) is 1.53. The van der Waals surface area contributed by atoms with Gasteiger partial charge in [-0.2, -0.15) is 0 Å². The molecule has 3 rings (SSSR count). The van der Waals surface area contributed by atoms with E-state index in [4.69, 9.17) is 11.6 Å². The Morgan fingerprint density at radius 3 is 2.70 bits per heavy atom. The monoisotopic (exact) mass is 406 g/mol. The molecule has 1 aromatic heterocycles. The Kier molecular flexibility index (Phi) is 6.50. The summed E-state index contributed by atoms with van der Waals surface area (Å²) in [6.07, 6.45) is 5.01. The van der Waals surface area contributed by atoms with E-state index in [1.165, 1.54) is 29.1 Å². The summed E-state index contributed by atoms with van der Waals surface area (Å²) in [6.45, 7) is 0. The molecule has 7 heteroatoms. The van der Waals surface area contributed by atoms with Crippen LogP contribution in [0.1, 0.15) is 38.5 Å². The number of carbonyl (C=O) groups excluding carboxylic acids is 1. The van der Waals surface area contributed by atoms with Crippen molar-refractivity contribution in [3.8, 4) is 11.3 Å². The molecule has 1 fully saturated rings. The molecule has 0 saturated heterocycles. The first kappa shape index (κ1) is 19.8. The van der Waals surface area contributed by atoms with Gasteiger partial charge in [-0.15, -0.1) is 11.3 Å². The van der Waals surface area contributed by atoms with Crippen LogP contribution >= 0.6 is 22.9 Å². The second-order valence-electron chi connectivity index (χ2n) is 7.07. The molecule has 0 spiro atoms. The molecule has 2 aromatic rings. The van der Waals surface area contributed by atoms with Crippen LogP contribution in [0.2, 0.25) is 5.02 Å². The van der Waals surface area contributed by atoms with Crippen molar-refractivity contribution in [3.63, 3.8) is 0 Å². The third kappa shape index (κ3) is 4.87. The third-order valence-electron chi connectivity index (χ3n) is 5.12. The average molecular weight is 407 g/mol. The van der Waals surface area contributed by atoms with Crippen molar-refractivity contribution in [1.82, 2.24) is 4.98 Å². The van der Waals surface area contributed by atoms with E-state index in [1.54, 1.807) is 13.1 Å². The number of amides is 1. The second kappa shape index (κ2) is 8.85. The maximum Gasteiger partial charge on any atom is 0.304 e. The smallest absolute Gasteiger partial charge is 0.304 e.